The summed E-state index contributed by atoms with van der Waals surface area (Å²) < 4.78 is 10.8. The highest BCUT2D eigenvalue weighted by Crippen LogP contribution is 2.25. The molecule has 0 saturated heterocycles. The fraction of sp³-hybridized carbons (Fsp3) is 1.00. The summed E-state index contributed by atoms with van der Waals surface area (Å²) in [6.45, 7) is 3.36. The summed E-state index contributed by atoms with van der Waals surface area (Å²) >= 11 is 0. The van der Waals surface area contributed by atoms with Crippen LogP contribution in [0.2, 0.25) is 0 Å². The minimum absolute atomic E-state index is 0.0848. The second-order valence-corrected chi connectivity index (χ2v) is 4.85. The molecule has 0 spiro atoms. The summed E-state index contributed by atoms with van der Waals surface area (Å²) in [5.41, 5.74) is 6.25. The molecule has 2 N–H and O–H groups in total. The van der Waals surface area contributed by atoms with E-state index in [1.54, 1.807) is 7.11 Å². The van der Waals surface area contributed by atoms with Crippen LogP contribution in [0, 0.1) is 0 Å². The Hall–Kier alpha value is -0.120. The molecule has 1 atom stereocenters. The Labute approximate surface area is 93.3 Å². The zero-order chi connectivity index (χ0) is 11.1. The normalized spacial score (nSPS) is 23.4. The first-order valence-electron chi connectivity index (χ1n) is 6.06. The first kappa shape index (κ1) is 12.9. The average Bonchev–Trinajstić information content (AvgIpc) is 2.42. The van der Waals surface area contributed by atoms with E-state index in [2.05, 4.69) is 0 Å². The van der Waals surface area contributed by atoms with Crippen molar-refractivity contribution >= 4 is 0 Å². The lowest BCUT2D eigenvalue weighted by molar-refractivity contribution is -0.0156. The van der Waals surface area contributed by atoms with E-state index >= 15 is 0 Å². The van der Waals surface area contributed by atoms with E-state index in [0.717, 1.165) is 12.8 Å². The van der Waals surface area contributed by atoms with Gasteiger partial charge in [0.15, 0.2) is 0 Å². The van der Waals surface area contributed by atoms with Gasteiger partial charge in [0.25, 0.3) is 0 Å². The van der Waals surface area contributed by atoms with Crippen molar-refractivity contribution in [1.82, 2.24) is 0 Å². The maximum absolute atomic E-state index is 6.34. The van der Waals surface area contributed by atoms with Gasteiger partial charge in [-0.1, -0.05) is 25.7 Å². The fourth-order valence-corrected chi connectivity index (χ4v) is 2.17. The van der Waals surface area contributed by atoms with Crippen molar-refractivity contribution in [3.05, 3.63) is 0 Å². The molecule has 15 heavy (non-hydrogen) atoms. The number of nitrogens with two attached hydrogens (primary N) is 1. The minimum atomic E-state index is -0.0848. The number of hydrogen-bond acceptors (Lipinski definition) is 3. The van der Waals surface area contributed by atoms with Crippen molar-refractivity contribution in [3.8, 4) is 0 Å². The standard InChI is InChI=1S/C12H25NO2/c1-11(9-14-2)15-10-12(13)7-5-3-4-6-8-12/h11H,3-10,13H2,1-2H3. The van der Waals surface area contributed by atoms with E-state index < -0.39 is 0 Å². The lowest BCUT2D eigenvalue weighted by atomic mass is 9.92. The molecular weight excluding hydrogens is 190 g/mol. The summed E-state index contributed by atoms with van der Waals surface area (Å²) in [5, 5.41) is 0. The van der Waals surface area contributed by atoms with Crippen LogP contribution in [0.15, 0.2) is 0 Å². The van der Waals surface area contributed by atoms with E-state index in [4.69, 9.17) is 15.2 Å². The Bertz CT molecular complexity index is 165. The Balaban J connectivity index is 2.27. The highest BCUT2D eigenvalue weighted by Gasteiger charge is 2.26. The predicted molar refractivity (Wildman–Crippen MR) is 61.9 cm³/mol. The smallest absolute Gasteiger partial charge is 0.0781 e. The SMILES string of the molecule is COCC(C)OCC1(N)CCCCCC1. The molecule has 0 heterocycles. The minimum Gasteiger partial charge on any atom is -0.382 e. The Morgan fingerprint density at radius 3 is 2.33 bits per heavy atom. The van der Waals surface area contributed by atoms with Gasteiger partial charge >= 0.3 is 0 Å². The lowest BCUT2D eigenvalue weighted by Crippen LogP contribution is -2.45. The van der Waals surface area contributed by atoms with Crippen LogP contribution in [0.4, 0.5) is 0 Å². The molecule has 1 unspecified atom stereocenters. The van der Waals surface area contributed by atoms with Gasteiger partial charge in [0, 0.05) is 12.6 Å². The molecule has 3 nitrogen and oxygen atoms in total. The quantitative estimate of drug-likeness (QED) is 0.714. The van der Waals surface area contributed by atoms with Crippen molar-refractivity contribution in [1.29, 1.82) is 0 Å². The monoisotopic (exact) mass is 215 g/mol. The van der Waals surface area contributed by atoms with E-state index in [-0.39, 0.29) is 11.6 Å². The van der Waals surface area contributed by atoms with E-state index in [9.17, 15) is 0 Å². The molecule has 0 aromatic rings. The van der Waals surface area contributed by atoms with Crippen molar-refractivity contribution < 1.29 is 9.47 Å². The van der Waals surface area contributed by atoms with Crippen LogP contribution in [-0.4, -0.2) is 32.0 Å². The fourth-order valence-electron chi connectivity index (χ4n) is 2.17. The third kappa shape index (κ3) is 4.96. The van der Waals surface area contributed by atoms with Crippen LogP contribution in [0.3, 0.4) is 0 Å². The maximum Gasteiger partial charge on any atom is 0.0781 e. The molecule has 0 aliphatic heterocycles. The molecule has 1 fully saturated rings. The molecule has 1 rings (SSSR count). The van der Waals surface area contributed by atoms with Crippen molar-refractivity contribution in [3.63, 3.8) is 0 Å². The zero-order valence-electron chi connectivity index (χ0n) is 10.1. The van der Waals surface area contributed by atoms with Crippen molar-refractivity contribution in [2.24, 2.45) is 5.73 Å². The molecule has 90 valence electrons. The largest absolute Gasteiger partial charge is 0.382 e. The zero-order valence-corrected chi connectivity index (χ0v) is 10.1. The molecule has 1 aliphatic rings. The molecule has 0 bridgehead atoms. The maximum atomic E-state index is 6.34. The van der Waals surface area contributed by atoms with E-state index in [1.165, 1.54) is 25.7 Å². The predicted octanol–water partition coefficient (Wildman–Crippen LogP) is 2.09. The molecule has 0 radical (unpaired) electrons. The highest BCUT2D eigenvalue weighted by atomic mass is 16.5. The molecular formula is C12H25NO2. The Morgan fingerprint density at radius 1 is 1.20 bits per heavy atom. The van der Waals surface area contributed by atoms with Gasteiger partial charge in [-0.05, 0) is 19.8 Å². The summed E-state index contributed by atoms with van der Waals surface area (Å²) in [7, 11) is 1.70. The molecule has 3 heteroatoms. The average molecular weight is 215 g/mol. The summed E-state index contributed by atoms with van der Waals surface area (Å²) in [4.78, 5) is 0. The molecule has 0 aromatic carbocycles. The number of hydrogen-bond donors (Lipinski definition) is 1. The summed E-state index contributed by atoms with van der Waals surface area (Å²) in [6.07, 6.45) is 7.51. The van der Waals surface area contributed by atoms with E-state index in [0.29, 0.717) is 13.2 Å². The summed E-state index contributed by atoms with van der Waals surface area (Å²) in [6, 6.07) is 0. The number of ether oxygens (including phenoxy) is 2. The van der Waals surface area contributed by atoms with Crippen LogP contribution < -0.4 is 5.73 Å². The third-order valence-corrected chi connectivity index (χ3v) is 3.16. The van der Waals surface area contributed by atoms with Crippen LogP contribution in [0.1, 0.15) is 45.4 Å². The second-order valence-electron chi connectivity index (χ2n) is 4.85. The summed E-state index contributed by atoms with van der Waals surface area (Å²) in [5.74, 6) is 0. The van der Waals surface area contributed by atoms with Crippen LogP contribution >= 0.6 is 0 Å². The third-order valence-electron chi connectivity index (χ3n) is 3.16. The molecule has 1 saturated carbocycles. The van der Waals surface area contributed by atoms with Crippen LogP contribution in [0.5, 0.6) is 0 Å². The Morgan fingerprint density at radius 2 is 1.80 bits per heavy atom. The molecule has 1 aliphatic carbocycles. The van der Waals surface area contributed by atoms with Crippen LogP contribution in [0.25, 0.3) is 0 Å². The van der Waals surface area contributed by atoms with Gasteiger partial charge in [0.2, 0.25) is 0 Å². The van der Waals surface area contributed by atoms with Crippen molar-refractivity contribution in [2.45, 2.75) is 57.1 Å². The number of methoxy groups -OCH3 is 1. The van der Waals surface area contributed by atoms with Gasteiger partial charge in [-0.15, -0.1) is 0 Å². The Kier molecular flexibility index (Phi) is 5.58. The van der Waals surface area contributed by atoms with Crippen LogP contribution in [-0.2, 0) is 9.47 Å². The van der Waals surface area contributed by atoms with Gasteiger partial charge in [0.1, 0.15) is 0 Å². The van der Waals surface area contributed by atoms with Gasteiger partial charge in [0.05, 0.1) is 19.3 Å². The van der Waals surface area contributed by atoms with Gasteiger partial charge in [-0.25, -0.2) is 0 Å². The van der Waals surface area contributed by atoms with Gasteiger partial charge < -0.3 is 15.2 Å². The lowest BCUT2D eigenvalue weighted by Gasteiger charge is -2.29. The second kappa shape index (κ2) is 6.46. The molecule has 0 aromatic heterocycles. The van der Waals surface area contributed by atoms with Gasteiger partial charge in [-0.2, -0.15) is 0 Å². The first-order chi connectivity index (χ1) is 7.16. The van der Waals surface area contributed by atoms with Crippen molar-refractivity contribution in [2.75, 3.05) is 20.3 Å². The van der Waals surface area contributed by atoms with E-state index in [1.807, 2.05) is 6.92 Å². The topological polar surface area (TPSA) is 44.5 Å². The highest BCUT2D eigenvalue weighted by molar-refractivity contribution is 4.86. The number of rotatable bonds is 5. The molecule has 0 amide bonds. The van der Waals surface area contributed by atoms with Gasteiger partial charge in [-0.3, -0.25) is 0 Å². The first-order valence-corrected chi connectivity index (χ1v) is 6.06.